The Morgan fingerprint density at radius 1 is 1.04 bits per heavy atom. The normalized spacial score (nSPS) is 12.1. The van der Waals surface area contributed by atoms with Crippen LogP contribution in [0.3, 0.4) is 0 Å². The fourth-order valence-corrected chi connectivity index (χ4v) is 3.48. The number of benzene rings is 2. The lowest BCUT2D eigenvalue weighted by Crippen LogP contribution is -2.27. The minimum atomic E-state index is -4.89. The van der Waals surface area contributed by atoms with E-state index in [0.29, 0.717) is 5.69 Å². The maximum Gasteiger partial charge on any atom is 0.573 e. The molecule has 0 aromatic heterocycles. The van der Waals surface area contributed by atoms with Crippen molar-refractivity contribution < 1.29 is 26.3 Å². The van der Waals surface area contributed by atoms with Crippen molar-refractivity contribution in [2.45, 2.75) is 25.1 Å². The quantitative estimate of drug-likeness (QED) is 0.828. The monoisotopic (exact) mass is 359 g/mol. The molecule has 130 valence electrons. The Hall–Kier alpha value is -2.22. The van der Waals surface area contributed by atoms with Crippen LogP contribution in [0.15, 0.2) is 47.4 Å². The molecular weight excluding hydrogens is 343 g/mol. The zero-order chi connectivity index (χ0) is 18.1. The predicted molar refractivity (Wildman–Crippen MR) is 84.6 cm³/mol. The molecule has 0 aliphatic rings. The van der Waals surface area contributed by atoms with Crippen molar-refractivity contribution in [3.8, 4) is 5.75 Å². The number of ether oxygens (including phenoxy) is 1. The van der Waals surface area contributed by atoms with E-state index in [-0.39, 0.29) is 4.90 Å². The molecule has 0 aliphatic carbocycles. The molecule has 4 nitrogen and oxygen atoms in total. The highest BCUT2D eigenvalue weighted by atomic mass is 32.2. The summed E-state index contributed by atoms with van der Waals surface area (Å²) in [7, 11) is -2.67. The number of aryl methyl sites for hydroxylation is 1. The van der Waals surface area contributed by atoms with Crippen LogP contribution in [0.2, 0.25) is 0 Å². The maximum atomic E-state index is 12.7. The van der Waals surface area contributed by atoms with E-state index in [1.807, 2.05) is 13.0 Å². The van der Waals surface area contributed by atoms with Crippen LogP contribution < -0.4 is 9.04 Å². The molecule has 0 saturated carbocycles. The van der Waals surface area contributed by atoms with E-state index in [9.17, 15) is 21.6 Å². The third-order valence-corrected chi connectivity index (χ3v) is 5.38. The molecule has 8 heteroatoms. The molecule has 0 spiro atoms. The van der Waals surface area contributed by atoms with Gasteiger partial charge in [-0.2, -0.15) is 0 Å². The van der Waals surface area contributed by atoms with Crippen LogP contribution in [0.4, 0.5) is 18.9 Å². The van der Waals surface area contributed by atoms with Gasteiger partial charge in [-0.15, -0.1) is 13.2 Å². The van der Waals surface area contributed by atoms with Gasteiger partial charge in [0.15, 0.2) is 0 Å². The second-order valence-corrected chi connectivity index (χ2v) is 7.18. The largest absolute Gasteiger partial charge is 0.573 e. The fourth-order valence-electron chi connectivity index (χ4n) is 2.20. The van der Waals surface area contributed by atoms with Crippen molar-refractivity contribution in [1.29, 1.82) is 0 Å². The van der Waals surface area contributed by atoms with E-state index in [1.54, 1.807) is 19.1 Å². The van der Waals surface area contributed by atoms with Crippen LogP contribution >= 0.6 is 0 Å². The van der Waals surface area contributed by atoms with Crippen molar-refractivity contribution in [1.82, 2.24) is 0 Å². The Morgan fingerprint density at radius 3 is 2.29 bits per heavy atom. The summed E-state index contributed by atoms with van der Waals surface area (Å²) in [6.07, 6.45) is -4.89. The summed E-state index contributed by atoms with van der Waals surface area (Å²) in [5.41, 5.74) is 2.13. The summed E-state index contributed by atoms with van der Waals surface area (Å²) in [6, 6.07) is 9.51. The molecule has 0 saturated heterocycles. The van der Waals surface area contributed by atoms with Gasteiger partial charge in [0.2, 0.25) is 0 Å². The summed E-state index contributed by atoms with van der Waals surface area (Å²) in [6.45, 7) is 3.62. The lowest BCUT2D eigenvalue weighted by molar-refractivity contribution is -0.274. The Labute approximate surface area is 138 Å². The van der Waals surface area contributed by atoms with Gasteiger partial charge in [-0.05, 0) is 43.2 Å². The van der Waals surface area contributed by atoms with Crippen molar-refractivity contribution in [2.24, 2.45) is 0 Å². The number of alkyl halides is 3. The summed E-state index contributed by atoms with van der Waals surface area (Å²) in [5, 5.41) is 0. The fraction of sp³-hybridized carbons (Fsp3) is 0.250. The summed E-state index contributed by atoms with van der Waals surface area (Å²) in [4.78, 5) is -0.285. The molecule has 0 heterocycles. The van der Waals surface area contributed by atoms with Crippen LogP contribution in [0.25, 0.3) is 0 Å². The molecule has 2 aromatic rings. The number of nitrogens with zero attached hydrogens (tertiary/aromatic N) is 1. The zero-order valence-corrected chi connectivity index (χ0v) is 14.1. The molecule has 0 N–H and O–H groups in total. The van der Waals surface area contributed by atoms with Crippen LogP contribution in [0.1, 0.15) is 11.1 Å². The second kappa shape index (κ2) is 6.35. The summed E-state index contributed by atoms with van der Waals surface area (Å²) >= 11 is 0. The first-order valence-electron chi connectivity index (χ1n) is 6.93. The minimum absolute atomic E-state index is 0.285. The zero-order valence-electron chi connectivity index (χ0n) is 13.3. The van der Waals surface area contributed by atoms with Gasteiger partial charge >= 0.3 is 6.36 Å². The molecule has 0 unspecified atom stereocenters. The molecule has 0 aliphatic heterocycles. The van der Waals surface area contributed by atoms with E-state index < -0.39 is 22.1 Å². The molecule has 0 atom stereocenters. The number of hydrogen-bond acceptors (Lipinski definition) is 3. The van der Waals surface area contributed by atoms with Gasteiger partial charge in [-0.3, -0.25) is 4.31 Å². The first-order chi connectivity index (χ1) is 11.0. The number of sulfonamides is 1. The second-order valence-electron chi connectivity index (χ2n) is 5.21. The van der Waals surface area contributed by atoms with E-state index in [4.69, 9.17) is 0 Å². The van der Waals surface area contributed by atoms with Crippen molar-refractivity contribution in [3.05, 3.63) is 53.6 Å². The lowest BCUT2D eigenvalue weighted by Gasteiger charge is -2.22. The van der Waals surface area contributed by atoms with Gasteiger partial charge in [0, 0.05) is 13.1 Å². The van der Waals surface area contributed by atoms with E-state index in [1.165, 1.54) is 19.2 Å². The Kier molecular flexibility index (Phi) is 4.80. The molecule has 24 heavy (non-hydrogen) atoms. The van der Waals surface area contributed by atoms with E-state index >= 15 is 0 Å². The predicted octanol–water partition coefficient (Wildman–Crippen LogP) is 4.03. The van der Waals surface area contributed by atoms with Gasteiger partial charge in [-0.1, -0.05) is 18.2 Å². The maximum absolute atomic E-state index is 12.7. The molecule has 2 rings (SSSR count). The highest BCUT2D eigenvalue weighted by molar-refractivity contribution is 7.92. The third kappa shape index (κ3) is 3.81. The first kappa shape index (κ1) is 18.1. The van der Waals surface area contributed by atoms with E-state index in [2.05, 4.69) is 4.74 Å². The number of halogens is 3. The highest BCUT2D eigenvalue weighted by Crippen LogP contribution is 2.30. The van der Waals surface area contributed by atoms with Gasteiger partial charge in [-0.25, -0.2) is 8.42 Å². The number of hydrogen-bond donors (Lipinski definition) is 0. The Bertz CT molecular complexity index is 848. The van der Waals surface area contributed by atoms with Crippen LogP contribution in [-0.4, -0.2) is 21.8 Å². The van der Waals surface area contributed by atoms with Crippen LogP contribution in [-0.2, 0) is 10.0 Å². The number of anilines is 1. The molecule has 2 aromatic carbocycles. The standard InChI is InChI=1S/C16H16F3NO3S/c1-11-6-4-9-15(12(11)2)20(3)24(21,22)14-8-5-7-13(10-14)23-16(17,18)19/h4-10H,1-3H3. The van der Waals surface area contributed by atoms with Crippen molar-refractivity contribution in [2.75, 3.05) is 11.4 Å². The molecule has 0 radical (unpaired) electrons. The van der Waals surface area contributed by atoms with E-state index in [0.717, 1.165) is 27.6 Å². The molecule has 0 fully saturated rings. The van der Waals surface area contributed by atoms with Gasteiger partial charge < -0.3 is 4.74 Å². The van der Waals surface area contributed by atoms with Crippen molar-refractivity contribution >= 4 is 15.7 Å². The highest BCUT2D eigenvalue weighted by Gasteiger charge is 2.32. The topological polar surface area (TPSA) is 46.6 Å². The lowest BCUT2D eigenvalue weighted by atomic mass is 10.1. The summed E-state index contributed by atoms with van der Waals surface area (Å²) < 4.78 is 67.2. The minimum Gasteiger partial charge on any atom is -0.406 e. The Morgan fingerprint density at radius 2 is 1.67 bits per heavy atom. The Balaban J connectivity index is 2.43. The average Bonchev–Trinajstić information content (AvgIpc) is 2.48. The average molecular weight is 359 g/mol. The molecule has 0 bridgehead atoms. The SMILES string of the molecule is Cc1cccc(N(C)S(=O)(=O)c2cccc(OC(F)(F)F)c2)c1C. The van der Waals surface area contributed by atoms with Gasteiger partial charge in [0.25, 0.3) is 10.0 Å². The first-order valence-corrected chi connectivity index (χ1v) is 8.37. The number of rotatable bonds is 4. The van der Waals surface area contributed by atoms with Gasteiger partial charge in [0.1, 0.15) is 5.75 Å². The molecular formula is C16H16F3NO3S. The smallest absolute Gasteiger partial charge is 0.406 e. The van der Waals surface area contributed by atoms with Crippen LogP contribution in [0, 0.1) is 13.8 Å². The molecule has 0 amide bonds. The van der Waals surface area contributed by atoms with Gasteiger partial charge in [0.05, 0.1) is 10.6 Å². The summed E-state index contributed by atoms with van der Waals surface area (Å²) in [5.74, 6) is -0.585. The third-order valence-electron chi connectivity index (χ3n) is 3.61. The van der Waals surface area contributed by atoms with Crippen molar-refractivity contribution in [3.63, 3.8) is 0 Å². The van der Waals surface area contributed by atoms with Crippen LogP contribution in [0.5, 0.6) is 5.75 Å².